The highest BCUT2D eigenvalue weighted by Gasteiger charge is 2.31. The normalized spacial score (nSPS) is 11.3. The van der Waals surface area contributed by atoms with Gasteiger partial charge in [0.1, 0.15) is 12.4 Å². The summed E-state index contributed by atoms with van der Waals surface area (Å²) in [5.74, 6) is 0.458. The molecule has 164 valence electrons. The summed E-state index contributed by atoms with van der Waals surface area (Å²) in [6.07, 6.45) is -3.11. The molecule has 0 aliphatic carbocycles. The molecular weight excluding hydrogens is 411 g/mol. The second kappa shape index (κ2) is 9.11. The predicted molar refractivity (Wildman–Crippen MR) is 109 cm³/mol. The van der Waals surface area contributed by atoms with E-state index in [1.54, 1.807) is 7.05 Å². The van der Waals surface area contributed by atoms with Crippen molar-refractivity contribution in [3.63, 3.8) is 0 Å². The van der Waals surface area contributed by atoms with E-state index in [2.05, 4.69) is 5.10 Å². The Balaban J connectivity index is 1.74. The van der Waals surface area contributed by atoms with Crippen molar-refractivity contribution in [2.45, 2.75) is 13.1 Å². The Morgan fingerprint density at radius 1 is 1.13 bits per heavy atom. The number of benzene rings is 2. The molecule has 31 heavy (non-hydrogen) atoms. The Morgan fingerprint density at radius 2 is 1.87 bits per heavy atom. The first-order valence-corrected chi connectivity index (χ1v) is 9.46. The minimum Gasteiger partial charge on any atom is -0.493 e. The first-order chi connectivity index (χ1) is 14.7. The molecule has 1 heterocycles. The van der Waals surface area contributed by atoms with Crippen molar-refractivity contribution in [3.8, 4) is 17.2 Å². The van der Waals surface area contributed by atoms with Gasteiger partial charge in [0.2, 0.25) is 0 Å². The Hall–Kier alpha value is -3.49. The van der Waals surface area contributed by atoms with E-state index in [0.717, 1.165) is 23.4 Å². The predicted octanol–water partition coefficient (Wildman–Crippen LogP) is 4.36. The summed E-state index contributed by atoms with van der Waals surface area (Å²) in [7, 11) is 2.96. The molecule has 9 heteroatoms. The van der Waals surface area contributed by atoms with Gasteiger partial charge in [-0.3, -0.25) is 4.79 Å². The Bertz CT molecular complexity index is 1060. The van der Waals surface area contributed by atoms with E-state index < -0.39 is 17.6 Å². The molecule has 0 radical (unpaired) electrons. The molecule has 0 aliphatic rings. The zero-order valence-corrected chi connectivity index (χ0v) is 17.3. The smallest absolute Gasteiger partial charge is 0.416 e. The first kappa shape index (κ1) is 22.2. The number of rotatable bonds is 7. The number of amides is 1. The van der Waals surface area contributed by atoms with Crippen LogP contribution in [0.2, 0.25) is 0 Å². The lowest BCUT2D eigenvalue weighted by Crippen LogP contribution is -2.31. The fraction of sp³-hybridized carbons (Fsp3) is 0.273. The van der Waals surface area contributed by atoms with Gasteiger partial charge in [-0.15, -0.1) is 0 Å². The summed E-state index contributed by atoms with van der Waals surface area (Å²) in [5.41, 5.74) is 0.340. The highest BCUT2D eigenvalue weighted by Crippen LogP contribution is 2.31. The molecule has 3 rings (SSSR count). The van der Waals surface area contributed by atoms with Gasteiger partial charge in [-0.2, -0.15) is 18.3 Å². The molecule has 0 spiro atoms. The minimum absolute atomic E-state index is 0.00157. The lowest BCUT2D eigenvalue weighted by Gasteiger charge is -2.17. The number of aryl methyl sites for hydroxylation is 1. The van der Waals surface area contributed by atoms with Crippen LogP contribution in [0.3, 0.4) is 0 Å². The second-order valence-corrected chi connectivity index (χ2v) is 6.88. The van der Waals surface area contributed by atoms with E-state index in [1.807, 2.05) is 31.2 Å². The molecule has 0 unspecified atom stereocenters. The van der Waals surface area contributed by atoms with E-state index in [1.165, 1.54) is 35.0 Å². The quantitative estimate of drug-likeness (QED) is 0.556. The van der Waals surface area contributed by atoms with E-state index in [9.17, 15) is 18.0 Å². The molecule has 6 nitrogen and oxygen atoms in total. The van der Waals surface area contributed by atoms with Crippen LogP contribution in [0.15, 0.2) is 54.7 Å². The Kier molecular flexibility index (Phi) is 6.53. The van der Waals surface area contributed by atoms with Gasteiger partial charge in [0.25, 0.3) is 5.91 Å². The number of hydrogen-bond donors (Lipinski definition) is 0. The minimum atomic E-state index is -4.48. The van der Waals surface area contributed by atoms with Crippen LogP contribution in [-0.2, 0) is 6.18 Å². The van der Waals surface area contributed by atoms with Crippen LogP contribution in [0.25, 0.3) is 5.69 Å². The van der Waals surface area contributed by atoms with Gasteiger partial charge >= 0.3 is 6.18 Å². The van der Waals surface area contributed by atoms with Gasteiger partial charge < -0.3 is 14.4 Å². The molecule has 3 aromatic rings. The third-order valence-electron chi connectivity index (χ3n) is 4.67. The van der Waals surface area contributed by atoms with Crippen LogP contribution in [0.5, 0.6) is 11.5 Å². The van der Waals surface area contributed by atoms with Crippen molar-refractivity contribution in [2.24, 2.45) is 0 Å². The number of carbonyl (C=O) groups excluding carboxylic acids is 1. The number of aromatic nitrogens is 2. The van der Waals surface area contributed by atoms with Gasteiger partial charge in [-0.05, 0) is 36.8 Å². The number of alkyl halides is 3. The molecule has 0 N–H and O–H groups in total. The summed E-state index contributed by atoms with van der Waals surface area (Å²) in [6, 6.07) is 12.2. The topological polar surface area (TPSA) is 56.6 Å². The summed E-state index contributed by atoms with van der Waals surface area (Å²) in [4.78, 5) is 14.3. The monoisotopic (exact) mass is 433 g/mol. The standard InChI is InChI=1S/C22H22F3N3O3/c1-15-7-4-5-10-18(15)31-12-11-27(2)21(29)20-19(30-3)14-28(26-20)17-9-6-8-16(13-17)22(23,24)25/h4-10,13-14H,11-12H2,1-3H3. The summed E-state index contributed by atoms with van der Waals surface area (Å²) in [5, 5.41) is 4.17. The molecule has 0 fully saturated rings. The summed E-state index contributed by atoms with van der Waals surface area (Å²) in [6.45, 7) is 2.48. The molecule has 0 aliphatic heterocycles. The lowest BCUT2D eigenvalue weighted by atomic mass is 10.2. The van der Waals surface area contributed by atoms with Crippen LogP contribution >= 0.6 is 0 Å². The van der Waals surface area contributed by atoms with E-state index >= 15 is 0 Å². The maximum atomic E-state index is 13.0. The van der Waals surface area contributed by atoms with Gasteiger partial charge in [-0.1, -0.05) is 24.3 Å². The van der Waals surface area contributed by atoms with Crippen molar-refractivity contribution in [3.05, 3.63) is 71.5 Å². The number of nitrogens with zero attached hydrogens (tertiary/aromatic N) is 3. The fourth-order valence-electron chi connectivity index (χ4n) is 2.91. The number of hydrogen-bond acceptors (Lipinski definition) is 4. The molecule has 2 aromatic carbocycles. The van der Waals surface area contributed by atoms with Crippen molar-refractivity contribution in [1.82, 2.24) is 14.7 Å². The Morgan fingerprint density at radius 3 is 2.55 bits per heavy atom. The maximum Gasteiger partial charge on any atom is 0.416 e. The van der Waals surface area contributed by atoms with E-state index in [4.69, 9.17) is 9.47 Å². The average molecular weight is 433 g/mol. The number of halogens is 3. The molecule has 0 saturated carbocycles. The highest BCUT2D eigenvalue weighted by molar-refractivity contribution is 5.94. The van der Waals surface area contributed by atoms with Crippen LogP contribution < -0.4 is 9.47 Å². The Labute approximate surface area is 177 Å². The molecule has 0 atom stereocenters. The maximum absolute atomic E-state index is 13.0. The number of para-hydroxylation sites is 1. The van der Waals surface area contributed by atoms with Gasteiger partial charge in [-0.25, -0.2) is 4.68 Å². The van der Waals surface area contributed by atoms with Crippen LogP contribution in [0.4, 0.5) is 13.2 Å². The van der Waals surface area contributed by atoms with Crippen LogP contribution in [0.1, 0.15) is 21.6 Å². The van der Waals surface area contributed by atoms with Crippen LogP contribution in [0, 0.1) is 6.92 Å². The lowest BCUT2D eigenvalue weighted by molar-refractivity contribution is -0.137. The van der Waals surface area contributed by atoms with Crippen molar-refractivity contribution in [1.29, 1.82) is 0 Å². The van der Waals surface area contributed by atoms with Gasteiger partial charge in [0.15, 0.2) is 11.4 Å². The van der Waals surface area contributed by atoms with Crippen LogP contribution in [-0.4, -0.2) is 47.9 Å². The second-order valence-electron chi connectivity index (χ2n) is 6.88. The molecule has 1 amide bonds. The molecule has 0 saturated heterocycles. The van der Waals surface area contributed by atoms with Gasteiger partial charge in [0, 0.05) is 7.05 Å². The number of carbonyl (C=O) groups is 1. The summed E-state index contributed by atoms with van der Waals surface area (Å²) < 4.78 is 51.1. The molecule has 1 aromatic heterocycles. The zero-order valence-electron chi connectivity index (χ0n) is 17.3. The highest BCUT2D eigenvalue weighted by atomic mass is 19.4. The van der Waals surface area contributed by atoms with Crippen molar-refractivity contribution >= 4 is 5.91 Å². The zero-order chi connectivity index (χ0) is 22.6. The largest absolute Gasteiger partial charge is 0.493 e. The first-order valence-electron chi connectivity index (χ1n) is 9.46. The van der Waals surface area contributed by atoms with Gasteiger partial charge in [0.05, 0.1) is 31.1 Å². The SMILES string of the molecule is COc1cn(-c2cccc(C(F)(F)F)c2)nc1C(=O)N(C)CCOc1ccccc1C. The third-order valence-corrected chi connectivity index (χ3v) is 4.67. The van der Waals surface area contributed by atoms with E-state index in [0.29, 0.717) is 0 Å². The molecular formula is C22H22F3N3O3. The number of ether oxygens (including phenoxy) is 2. The van der Waals surface area contributed by atoms with Crippen molar-refractivity contribution in [2.75, 3.05) is 27.3 Å². The average Bonchev–Trinajstić information content (AvgIpc) is 3.18. The van der Waals surface area contributed by atoms with Crippen molar-refractivity contribution < 1.29 is 27.4 Å². The third kappa shape index (κ3) is 5.17. The fourth-order valence-corrected chi connectivity index (χ4v) is 2.91. The molecule has 0 bridgehead atoms. The number of methoxy groups -OCH3 is 1. The van der Waals surface area contributed by atoms with E-state index in [-0.39, 0.29) is 30.3 Å². The summed E-state index contributed by atoms with van der Waals surface area (Å²) >= 11 is 0. The number of likely N-dealkylation sites (N-methyl/N-ethyl adjacent to an activating group) is 1.